The molecule has 0 spiro atoms. The van der Waals surface area contributed by atoms with E-state index in [1.165, 1.54) is 103 Å². The zero-order valence-corrected chi connectivity index (χ0v) is 84.0. The van der Waals surface area contributed by atoms with E-state index >= 15 is 0 Å². The largest absolute Gasteiger partial charge is 0.358 e. The van der Waals surface area contributed by atoms with Gasteiger partial charge in [0.1, 0.15) is 0 Å². The average Bonchev–Trinajstić information content (AvgIpc) is 1.92. The molecule has 0 unspecified atom stereocenters. The Morgan fingerprint density at radius 3 is 0.570 bits per heavy atom. The van der Waals surface area contributed by atoms with Gasteiger partial charge in [0.2, 0.25) is 0 Å². The quantitative estimate of drug-likeness (QED) is 0.115. The van der Waals surface area contributed by atoms with Gasteiger partial charge in [-0.25, -0.2) is 0 Å². The van der Waals surface area contributed by atoms with Crippen molar-refractivity contribution in [1.29, 1.82) is 0 Å². The molecule has 4 aliphatic carbocycles. The van der Waals surface area contributed by atoms with Crippen molar-refractivity contribution in [3.05, 3.63) is 29.7 Å². The molecule has 0 atom stereocenters. The molecule has 0 amide bonds. The summed E-state index contributed by atoms with van der Waals surface area (Å²) in [6.45, 7) is 72.6. The van der Waals surface area contributed by atoms with Crippen molar-refractivity contribution in [1.82, 2.24) is 0 Å². The second kappa shape index (κ2) is 55.8. The first-order valence-electron chi connectivity index (χ1n) is 35.9. The molecule has 16 heteroatoms. The third kappa shape index (κ3) is 60.4. The van der Waals surface area contributed by atoms with Crippen LogP contribution in [0.4, 0.5) is 0 Å². The van der Waals surface area contributed by atoms with E-state index in [4.69, 9.17) is 37.7 Å². The molecule has 570 valence electrons. The van der Waals surface area contributed by atoms with Crippen molar-refractivity contribution >= 4 is 37.7 Å². The summed E-state index contributed by atoms with van der Waals surface area (Å²) in [5.74, 6) is 6.80. The standard InChI is InChI=1S/C10H20.2C9H18.8C5H11N.C5H10.4CH3.4ClH.4W/c1-6-7(2)9(4)10(5)8(6)3;1-9(2,3)8-6-4-5-7-8;1-2-3-6-9-7-4-5-8-9;8*1-4-5(2,3)6;1-2-4-5-3-1;;;;;;;;;;;;/h6-10H,1-5H3;8H,4-7H2,1-3H3;9H,2-8H2,1H3;8*4H2,1-3H3;1-5H2;4*1H3;4*1H;;;;/q;;;;;;;;;;;;4*-1;;;;;4*+1/p-4. The van der Waals surface area contributed by atoms with E-state index in [0.717, 1.165) is 92.8 Å². The van der Waals surface area contributed by atoms with E-state index in [-0.39, 0.29) is 74.0 Å². The van der Waals surface area contributed by atoms with E-state index < -0.39 is 63.6 Å². The molecule has 0 bridgehead atoms. The van der Waals surface area contributed by atoms with Crippen LogP contribution < -0.4 is 0 Å². The second-order valence-corrected chi connectivity index (χ2v) is 53.2. The van der Waals surface area contributed by atoms with E-state index in [2.05, 4.69) is 256 Å². The maximum absolute atomic E-state index is 6.27. The zero-order chi connectivity index (χ0) is 70.5. The summed E-state index contributed by atoms with van der Waals surface area (Å²) in [5.41, 5.74) is 0.714. The predicted octanol–water partition coefficient (Wildman–Crippen LogP) is 31.5. The van der Waals surface area contributed by atoms with Gasteiger partial charge in [0.15, 0.2) is 0 Å². The van der Waals surface area contributed by atoms with E-state index in [1.807, 2.05) is 0 Å². The van der Waals surface area contributed by atoms with E-state index in [9.17, 15) is 0 Å². The summed E-state index contributed by atoms with van der Waals surface area (Å²) < 4.78 is 37.2. The van der Waals surface area contributed by atoms with Crippen molar-refractivity contribution in [3.63, 3.8) is 0 Å². The molecule has 0 aromatic carbocycles. The van der Waals surface area contributed by atoms with Crippen LogP contribution in [0.5, 0.6) is 0 Å². The number of unbranched alkanes of at least 4 members (excludes halogenated alkanes) is 1. The number of rotatable bonds is 19. The summed E-state index contributed by atoms with van der Waals surface area (Å²) in [6, 6.07) is 0. The van der Waals surface area contributed by atoms with Gasteiger partial charge in [-0.3, -0.25) is 0 Å². The third-order valence-electron chi connectivity index (χ3n) is 19.9. The smallest absolute Gasteiger partial charge is 0.0414 e. The summed E-state index contributed by atoms with van der Waals surface area (Å²) in [5, 5.41) is 0. The first-order chi connectivity index (χ1) is 40.5. The van der Waals surface area contributed by atoms with Crippen LogP contribution in [0, 0.1) is 76.5 Å². The summed E-state index contributed by atoms with van der Waals surface area (Å²) in [7, 11) is 25.1. The third-order valence-corrected chi connectivity index (χ3v) is 43.0. The molecule has 0 saturated heterocycles. The minimum Gasteiger partial charge on any atom is -0.358 e. The number of hydrogen-bond donors (Lipinski definition) is 0. The molecule has 4 rings (SSSR count). The van der Waals surface area contributed by atoms with Crippen molar-refractivity contribution in [2.75, 3.05) is 0 Å². The maximum Gasteiger partial charge on any atom is -0.0414 e. The number of halogens is 4. The molecule has 93 heavy (non-hydrogen) atoms. The van der Waals surface area contributed by atoms with Crippen molar-refractivity contribution in [3.8, 4) is 0 Å². The Morgan fingerprint density at radius 1 is 0.280 bits per heavy atom. The van der Waals surface area contributed by atoms with E-state index in [0.29, 0.717) is 5.41 Å². The zero-order valence-electron chi connectivity index (χ0n) is 69.2. The Balaban J connectivity index is -0.000000149. The minimum absolute atomic E-state index is 0. The van der Waals surface area contributed by atoms with Crippen LogP contribution in [0.3, 0.4) is 0 Å². The molecule has 8 nitrogen and oxygen atoms in total. The van der Waals surface area contributed by atoms with Crippen LogP contribution in [0.2, 0.25) is 0 Å². The second-order valence-electron chi connectivity index (χ2n) is 32.6. The molecular weight excluding hydrogens is 1910 g/mol. The van der Waals surface area contributed by atoms with Gasteiger partial charge in [0.25, 0.3) is 0 Å². The average molecular weight is 2080 g/mol. The Morgan fingerprint density at radius 2 is 0.441 bits per heavy atom. The van der Waals surface area contributed by atoms with Crippen LogP contribution >= 0.6 is 37.7 Å². The van der Waals surface area contributed by atoms with Gasteiger partial charge in [-0.1, -0.05) is 152 Å². The van der Waals surface area contributed by atoms with Gasteiger partial charge in [-0.05, 0) is 59.7 Å². The predicted molar refractivity (Wildman–Crippen MR) is 415 cm³/mol. The van der Waals surface area contributed by atoms with Gasteiger partial charge >= 0.3 is 391 Å². The van der Waals surface area contributed by atoms with E-state index in [1.54, 1.807) is 0 Å². The summed E-state index contributed by atoms with van der Waals surface area (Å²) in [4.78, 5) is 0. The number of hydrogen-bond acceptors (Lipinski definition) is 8. The normalized spacial score (nSPS) is 20.5. The van der Waals surface area contributed by atoms with Gasteiger partial charge in [0, 0.05) is 0 Å². The van der Waals surface area contributed by atoms with Gasteiger partial charge in [0.05, 0.1) is 0 Å². The van der Waals surface area contributed by atoms with Crippen molar-refractivity contribution in [2.24, 2.45) is 74.8 Å². The number of nitrogens with zero attached hydrogens (tertiary/aromatic N) is 8. The summed E-state index contributed by atoms with van der Waals surface area (Å²) in [6.07, 6.45) is 32.1. The molecule has 0 heterocycles. The molecule has 4 fully saturated rings. The van der Waals surface area contributed by atoms with Crippen molar-refractivity contribution in [2.45, 2.75) is 427 Å². The first-order valence-corrected chi connectivity index (χ1v) is 61.0. The maximum atomic E-state index is 6.27. The fraction of sp³-hybridized carbons (Fsp3) is 0.948. The molecule has 0 radical (unpaired) electrons. The molecule has 0 aromatic heterocycles. The first kappa shape index (κ1) is 111. The Bertz CT molecular complexity index is 1850. The molecular formula is C77H166Cl4N8W4-4. The van der Waals surface area contributed by atoms with Gasteiger partial charge < -0.3 is 29.7 Å². The molecule has 0 aromatic rings. The fourth-order valence-electron chi connectivity index (χ4n) is 9.09. The van der Waals surface area contributed by atoms with Crippen LogP contribution in [0.25, 0.3) is 0 Å². The van der Waals surface area contributed by atoms with Gasteiger partial charge in [-0.15, -0.1) is 0 Å². The minimum atomic E-state index is -2.30. The Labute approximate surface area is 626 Å². The molecule has 0 aliphatic heterocycles. The Kier molecular flexibility index (Phi) is 66.7. The topological polar surface area (TPSA) is 98.9 Å². The monoisotopic (exact) mass is 2080 g/mol. The molecule has 0 N–H and O–H groups in total. The van der Waals surface area contributed by atoms with Crippen molar-refractivity contribution < 1.29 is 63.6 Å². The SMILES string of the molecule is C1CCCC1.CC(C)(C)C1CCCC1.CC1C(C)C(C)C(C)C1C.CCC(C)(C)[N]=[W]([Cl])=[N]C(C)(C)CC.CCC(C)(C)[N]=[W]([Cl])=[N]C(C)(C)CC.CCC(C)(C)[N]=[W]([Cl])=[N]C(C)(C)CC.CCC(C)(C)[N]=[W]([Cl])=[N]C(C)(C)CC.CCCCC1CCCC1.[CH3-].[CH3-].[CH3-].[CH3-]. The molecule has 4 saturated carbocycles. The Hall–Kier alpha value is 2.31. The summed E-state index contributed by atoms with van der Waals surface area (Å²) >= 11 is -9.22. The van der Waals surface area contributed by atoms with Crippen LogP contribution in [0.1, 0.15) is 383 Å². The fourth-order valence-corrected chi connectivity index (χ4v) is 37.3. The molecule has 4 aliphatic rings. The van der Waals surface area contributed by atoms with Crippen LogP contribution in [0.15, 0.2) is 28.0 Å². The van der Waals surface area contributed by atoms with Gasteiger partial charge in [-0.2, -0.15) is 0 Å². The van der Waals surface area contributed by atoms with Crippen LogP contribution in [-0.4, -0.2) is 44.3 Å². The van der Waals surface area contributed by atoms with Crippen LogP contribution in [-0.2, 0) is 63.6 Å².